The smallest absolute Gasteiger partial charge is 0.0361 e. The molecule has 0 radical (unpaired) electrons. The molecule has 0 saturated carbocycles. The van der Waals surface area contributed by atoms with Gasteiger partial charge in [-0.2, -0.15) is 11.3 Å². The molecule has 102 valence electrons. The second-order valence-corrected chi connectivity index (χ2v) is 6.28. The summed E-state index contributed by atoms with van der Waals surface area (Å²) in [6.07, 6.45) is 4.36. The van der Waals surface area contributed by atoms with Gasteiger partial charge in [0.25, 0.3) is 0 Å². The summed E-state index contributed by atoms with van der Waals surface area (Å²) < 4.78 is 0. The highest BCUT2D eigenvalue weighted by Crippen LogP contribution is 2.23. The first kappa shape index (κ1) is 14.6. The molecule has 1 unspecified atom stereocenters. The maximum Gasteiger partial charge on any atom is 0.0361 e. The van der Waals surface area contributed by atoms with E-state index in [1.165, 1.54) is 22.4 Å². The molecule has 1 aromatic heterocycles. The van der Waals surface area contributed by atoms with Gasteiger partial charge in [0.05, 0.1) is 0 Å². The molecule has 0 saturated heterocycles. The van der Waals surface area contributed by atoms with Crippen molar-refractivity contribution in [2.24, 2.45) is 0 Å². The van der Waals surface area contributed by atoms with Gasteiger partial charge < -0.3 is 5.32 Å². The molecule has 0 aliphatic carbocycles. The maximum atomic E-state index is 3.66. The normalized spacial score (nSPS) is 12.5. The molecule has 1 nitrogen and oxygen atoms in total. The zero-order valence-electron chi connectivity index (χ0n) is 11.6. The summed E-state index contributed by atoms with van der Waals surface area (Å²) in [6, 6.07) is 11.6. The van der Waals surface area contributed by atoms with E-state index in [9.17, 15) is 0 Å². The average Bonchev–Trinajstić information content (AvgIpc) is 2.96. The van der Waals surface area contributed by atoms with E-state index in [1.54, 1.807) is 23.1 Å². The van der Waals surface area contributed by atoms with Gasteiger partial charge in [0, 0.05) is 10.9 Å². The van der Waals surface area contributed by atoms with Crippen molar-refractivity contribution in [1.82, 2.24) is 5.32 Å². The van der Waals surface area contributed by atoms with E-state index >= 15 is 0 Å². The first-order chi connectivity index (χ1) is 9.33. The Morgan fingerprint density at radius 1 is 1.21 bits per heavy atom. The Balaban J connectivity index is 2.10. The highest BCUT2D eigenvalue weighted by atomic mass is 32.2. The monoisotopic (exact) mass is 291 g/mol. The molecular weight excluding hydrogens is 270 g/mol. The second-order valence-electron chi connectivity index (χ2n) is 4.62. The Labute approximate surface area is 124 Å². The standard InChI is InChI=1S/C16H21NS2/c1-3-9-17-16(11-13-8-10-19-12-13)14-4-6-15(18-2)7-5-14/h4-8,10,12,16-17H,3,9,11H2,1-2H3. The van der Waals surface area contributed by atoms with Gasteiger partial charge in [-0.25, -0.2) is 0 Å². The average molecular weight is 291 g/mol. The Morgan fingerprint density at radius 2 is 2.00 bits per heavy atom. The Morgan fingerprint density at radius 3 is 2.58 bits per heavy atom. The molecule has 3 heteroatoms. The van der Waals surface area contributed by atoms with Gasteiger partial charge in [-0.1, -0.05) is 19.1 Å². The van der Waals surface area contributed by atoms with Gasteiger partial charge in [0.1, 0.15) is 0 Å². The van der Waals surface area contributed by atoms with Gasteiger partial charge in [-0.15, -0.1) is 11.8 Å². The molecule has 0 aliphatic heterocycles. The van der Waals surface area contributed by atoms with Crippen LogP contribution in [0.4, 0.5) is 0 Å². The third-order valence-corrected chi connectivity index (χ3v) is 4.65. The Bertz CT molecular complexity index is 462. The van der Waals surface area contributed by atoms with Crippen LogP contribution in [0.3, 0.4) is 0 Å². The highest BCUT2D eigenvalue weighted by molar-refractivity contribution is 7.98. The summed E-state index contributed by atoms with van der Waals surface area (Å²) >= 11 is 3.57. The number of thiophene rings is 1. The minimum absolute atomic E-state index is 0.422. The van der Waals surface area contributed by atoms with Gasteiger partial charge in [0.15, 0.2) is 0 Å². The molecule has 2 rings (SSSR count). The largest absolute Gasteiger partial charge is 0.310 e. The molecule has 1 N–H and O–H groups in total. The third-order valence-electron chi connectivity index (χ3n) is 3.18. The van der Waals surface area contributed by atoms with E-state index in [0.717, 1.165) is 13.0 Å². The van der Waals surface area contributed by atoms with Crippen LogP contribution >= 0.6 is 23.1 Å². The quantitative estimate of drug-likeness (QED) is 0.739. The summed E-state index contributed by atoms with van der Waals surface area (Å²) in [5.74, 6) is 0. The molecule has 2 aromatic rings. The van der Waals surface area contributed by atoms with Crippen LogP contribution in [0.25, 0.3) is 0 Å². The molecule has 0 bridgehead atoms. The topological polar surface area (TPSA) is 12.0 Å². The molecule has 1 heterocycles. The van der Waals surface area contributed by atoms with Gasteiger partial charge in [-0.3, -0.25) is 0 Å². The highest BCUT2D eigenvalue weighted by Gasteiger charge is 2.11. The predicted molar refractivity (Wildman–Crippen MR) is 87.3 cm³/mol. The number of rotatable bonds is 7. The fourth-order valence-corrected chi connectivity index (χ4v) is 3.20. The summed E-state index contributed by atoms with van der Waals surface area (Å²) in [5, 5.41) is 8.06. The van der Waals surface area contributed by atoms with Crippen LogP contribution in [0, 0.1) is 0 Å². The summed E-state index contributed by atoms with van der Waals surface area (Å²) in [4.78, 5) is 1.33. The van der Waals surface area contributed by atoms with Gasteiger partial charge in [0.2, 0.25) is 0 Å². The van der Waals surface area contributed by atoms with E-state index in [0.29, 0.717) is 6.04 Å². The SMILES string of the molecule is CCCNC(Cc1ccsc1)c1ccc(SC)cc1. The zero-order chi connectivity index (χ0) is 13.5. The van der Waals surface area contributed by atoms with Crippen LogP contribution in [-0.4, -0.2) is 12.8 Å². The van der Waals surface area contributed by atoms with Crippen molar-refractivity contribution < 1.29 is 0 Å². The number of thioether (sulfide) groups is 1. The van der Waals surface area contributed by atoms with Crippen molar-refractivity contribution in [3.8, 4) is 0 Å². The van der Waals surface area contributed by atoms with E-state index in [-0.39, 0.29) is 0 Å². The van der Waals surface area contributed by atoms with E-state index in [4.69, 9.17) is 0 Å². The van der Waals surface area contributed by atoms with Crippen LogP contribution in [-0.2, 0) is 6.42 Å². The van der Waals surface area contributed by atoms with E-state index in [2.05, 4.69) is 59.6 Å². The van der Waals surface area contributed by atoms with Crippen molar-refractivity contribution in [3.05, 3.63) is 52.2 Å². The minimum Gasteiger partial charge on any atom is -0.310 e. The molecule has 0 spiro atoms. The summed E-state index contributed by atoms with van der Waals surface area (Å²) in [6.45, 7) is 3.28. The summed E-state index contributed by atoms with van der Waals surface area (Å²) in [7, 11) is 0. The summed E-state index contributed by atoms with van der Waals surface area (Å²) in [5.41, 5.74) is 2.81. The maximum absolute atomic E-state index is 3.66. The molecule has 0 fully saturated rings. The van der Waals surface area contributed by atoms with Crippen molar-refractivity contribution in [1.29, 1.82) is 0 Å². The minimum atomic E-state index is 0.422. The van der Waals surface area contributed by atoms with Crippen LogP contribution in [0.2, 0.25) is 0 Å². The van der Waals surface area contributed by atoms with Gasteiger partial charge in [-0.05, 0) is 65.7 Å². The van der Waals surface area contributed by atoms with Crippen molar-refractivity contribution >= 4 is 23.1 Å². The number of nitrogens with one attached hydrogen (secondary N) is 1. The van der Waals surface area contributed by atoms with E-state index in [1.807, 2.05) is 0 Å². The first-order valence-electron chi connectivity index (χ1n) is 6.72. The Kier molecular flexibility index (Phi) is 5.95. The van der Waals surface area contributed by atoms with Gasteiger partial charge >= 0.3 is 0 Å². The second kappa shape index (κ2) is 7.73. The van der Waals surface area contributed by atoms with Crippen LogP contribution in [0.15, 0.2) is 46.0 Å². The molecule has 0 aliphatic rings. The lowest BCUT2D eigenvalue weighted by Crippen LogP contribution is -2.23. The van der Waals surface area contributed by atoms with Crippen LogP contribution in [0.1, 0.15) is 30.5 Å². The molecule has 19 heavy (non-hydrogen) atoms. The lowest BCUT2D eigenvalue weighted by Gasteiger charge is -2.19. The van der Waals surface area contributed by atoms with Crippen molar-refractivity contribution in [3.63, 3.8) is 0 Å². The fraction of sp³-hybridized carbons (Fsp3) is 0.375. The Hall–Kier alpha value is -0.770. The fourth-order valence-electron chi connectivity index (χ4n) is 2.11. The number of hydrogen-bond acceptors (Lipinski definition) is 3. The molecule has 0 amide bonds. The number of benzene rings is 1. The number of hydrogen-bond donors (Lipinski definition) is 1. The predicted octanol–water partition coefficient (Wildman–Crippen LogP) is 4.75. The lowest BCUT2D eigenvalue weighted by atomic mass is 10.0. The first-order valence-corrected chi connectivity index (χ1v) is 8.88. The third kappa shape index (κ3) is 4.37. The molecular formula is C16H21NS2. The zero-order valence-corrected chi connectivity index (χ0v) is 13.2. The van der Waals surface area contributed by atoms with E-state index < -0.39 is 0 Å². The molecule has 1 aromatic carbocycles. The van der Waals surface area contributed by atoms with Crippen molar-refractivity contribution in [2.75, 3.05) is 12.8 Å². The molecule has 1 atom stereocenters. The van der Waals surface area contributed by atoms with Crippen molar-refractivity contribution in [2.45, 2.75) is 30.7 Å². The van der Waals surface area contributed by atoms with Crippen LogP contribution < -0.4 is 5.32 Å². The lowest BCUT2D eigenvalue weighted by molar-refractivity contribution is 0.529. The van der Waals surface area contributed by atoms with Crippen LogP contribution in [0.5, 0.6) is 0 Å².